The van der Waals surface area contributed by atoms with Gasteiger partial charge in [0.05, 0.1) is 0 Å². The summed E-state index contributed by atoms with van der Waals surface area (Å²) >= 11 is 6.25. The summed E-state index contributed by atoms with van der Waals surface area (Å²) in [6, 6.07) is 12.3. The van der Waals surface area contributed by atoms with Gasteiger partial charge in [0.15, 0.2) is 0 Å². The van der Waals surface area contributed by atoms with Crippen molar-refractivity contribution in [2.24, 2.45) is 5.73 Å². The third kappa shape index (κ3) is 4.48. The van der Waals surface area contributed by atoms with Crippen molar-refractivity contribution in [3.05, 3.63) is 63.7 Å². The molecule has 0 heterocycles. The van der Waals surface area contributed by atoms with Crippen molar-refractivity contribution in [2.75, 3.05) is 0 Å². The molecule has 2 aromatic rings. The molecular formula is C18H22ClNO. The smallest absolute Gasteiger partial charge is 0.123 e. The van der Waals surface area contributed by atoms with E-state index >= 15 is 0 Å². The number of hydrogen-bond donors (Lipinski definition) is 1. The summed E-state index contributed by atoms with van der Waals surface area (Å²) < 4.78 is 5.96. The van der Waals surface area contributed by atoms with Gasteiger partial charge in [-0.3, -0.25) is 0 Å². The summed E-state index contributed by atoms with van der Waals surface area (Å²) in [6.45, 7) is 6.57. The van der Waals surface area contributed by atoms with Gasteiger partial charge in [0, 0.05) is 16.6 Å². The average Bonchev–Trinajstić information content (AvgIpc) is 2.39. The second kappa shape index (κ2) is 6.97. The van der Waals surface area contributed by atoms with Gasteiger partial charge in [0.1, 0.15) is 12.4 Å². The number of halogens is 1. The Hall–Kier alpha value is -1.51. The van der Waals surface area contributed by atoms with E-state index in [2.05, 4.69) is 19.1 Å². The van der Waals surface area contributed by atoms with Crippen LogP contribution in [0.1, 0.15) is 29.2 Å². The number of aryl methyl sites for hydroxylation is 2. The molecule has 0 aliphatic carbocycles. The third-order valence-corrected chi connectivity index (χ3v) is 3.70. The number of hydrogen-bond acceptors (Lipinski definition) is 2. The van der Waals surface area contributed by atoms with Crippen LogP contribution in [0.5, 0.6) is 5.75 Å². The first-order valence-electron chi connectivity index (χ1n) is 7.18. The lowest BCUT2D eigenvalue weighted by Gasteiger charge is -2.14. The number of rotatable bonds is 5. The van der Waals surface area contributed by atoms with Gasteiger partial charge in [0.25, 0.3) is 0 Å². The maximum Gasteiger partial charge on any atom is 0.123 e. The Morgan fingerprint density at radius 3 is 2.38 bits per heavy atom. The molecule has 0 bridgehead atoms. The lowest BCUT2D eigenvalue weighted by atomic mass is 10.0. The molecule has 2 N–H and O–H groups in total. The van der Waals surface area contributed by atoms with E-state index in [4.69, 9.17) is 22.1 Å². The zero-order chi connectivity index (χ0) is 15.4. The van der Waals surface area contributed by atoms with E-state index in [1.165, 1.54) is 5.56 Å². The minimum Gasteiger partial charge on any atom is -0.489 e. The minimum absolute atomic E-state index is 0.108. The van der Waals surface area contributed by atoms with Crippen molar-refractivity contribution in [3.8, 4) is 5.75 Å². The van der Waals surface area contributed by atoms with Gasteiger partial charge in [-0.15, -0.1) is 0 Å². The van der Waals surface area contributed by atoms with Crippen LogP contribution in [-0.2, 0) is 13.0 Å². The summed E-state index contributed by atoms with van der Waals surface area (Å²) in [5, 5.41) is 0.746. The first kappa shape index (κ1) is 15.9. The van der Waals surface area contributed by atoms with Crippen LogP contribution in [0.4, 0.5) is 0 Å². The highest BCUT2D eigenvalue weighted by Gasteiger charge is 2.08. The first-order chi connectivity index (χ1) is 9.95. The Kier molecular flexibility index (Phi) is 5.27. The van der Waals surface area contributed by atoms with E-state index in [0.717, 1.165) is 33.9 Å². The molecule has 2 aromatic carbocycles. The van der Waals surface area contributed by atoms with Crippen molar-refractivity contribution in [3.63, 3.8) is 0 Å². The molecule has 0 aliphatic rings. The second-order valence-electron chi connectivity index (χ2n) is 5.68. The van der Waals surface area contributed by atoms with E-state index in [1.807, 2.05) is 38.1 Å². The molecule has 0 fully saturated rings. The number of nitrogens with two attached hydrogens (primary N) is 1. The third-order valence-electron chi connectivity index (χ3n) is 3.35. The molecule has 1 unspecified atom stereocenters. The molecule has 0 saturated carbocycles. The van der Waals surface area contributed by atoms with Crippen LogP contribution in [0.2, 0.25) is 5.02 Å². The van der Waals surface area contributed by atoms with Gasteiger partial charge in [0.2, 0.25) is 0 Å². The Balaban J connectivity index is 2.15. The van der Waals surface area contributed by atoms with Gasteiger partial charge < -0.3 is 10.5 Å². The van der Waals surface area contributed by atoms with E-state index in [1.54, 1.807) is 0 Å². The molecule has 1 atom stereocenters. The standard InChI is InChI=1S/C18H22ClNO/c1-12-5-7-18(16(8-12)10-14(3)20)21-11-15-6-4-13(2)9-17(15)19/h4-9,14H,10-11,20H2,1-3H3. The lowest BCUT2D eigenvalue weighted by molar-refractivity contribution is 0.302. The maximum atomic E-state index is 6.25. The highest BCUT2D eigenvalue weighted by atomic mass is 35.5. The zero-order valence-electron chi connectivity index (χ0n) is 12.8. The van der Waals surface area contributed by atoms with E-state index in [-0.39, 0.29) is 6.04 Å². The van der Waals surface area contributed by atoms with Gasteiger partial charge in [-0.25, -0.2) is 0 Å². The molecule has 0 radical (unpaired) electrons. The topological polar surface area (TPSA) is 35.2 Å². The van der Waals surface area contributed by atoms with Gasteiger partial charge in [-0.05, 0) is 50.5 Å². The molecular weight excluding hydrogens is 282 g/mol. The first-order valence-corrected chi connectivity index (χ1v) is 7.56. The molecule has 2 rings (SSSR count). The second-order valence-corrected chi connectivity index (χ2v) is 6.08. The predicted octanol–water partition coefficient (Wildman–Crippen LogP) is 4.43. The summed E-state index contributed by atoms with van der Waals surface area (Å²) in [6.07, 6.45) is 0.804. The Morgan fingerprint density at radius 1 is 1.05 bits per heavy atom. The molecule has 0 spiro atoms. The van der Waals surface area contributed by atoms with Crippen LogP contribution < -0.4 is 10.5 Å². The Morgan fingerprint density at radius 2 is 1.71 bits per heavy atom. The number of ether oxygens (including phenoxy) is 1. The van der Waals surface area contributed by atoms with Crippen molar-refractivity contribution in [1.29, 1.82) is 0 Å². The Labute approximate surface area is 131 Å². The fourth-order valence-electron chi connectivity index (χ4n) is 2.28. The predicted molar refractivity (Wildman–Crippen MR) is 89.1 cm³/mol. The molecule has 0 saturated heterocycles. The van der Waals surface area contributed by atoms with Crippen LogP contribution in [0, 0.1) is 13.8 Å². The molecule has 21 heavy (non-hydrogen) atoms. The molecule has 0 aliphatic heterocycles. The van der Waals surface area contributed by atoms with Crippen LogP contribution in [-0.4, -0.2) is 6.04 Å². The average molecular weight is 304 g/mol. The normalized spacial score (nSPS) is 12.2. The van der Waals surface area contributed by atoms with Crippen LogP contribution in [0.25, 0.3) is 0 Å². The fraction of sp³-hybridized carbons (Fsp3) is 0.333. The monoisotopic (exact) mass is 303 g/mol. The van der Waals surface area contributed by atoms with Crippen molar-refractivity contribution < 1.29 is 4.74 Å². The molecule has 112 valence electrons. The molecule has 2 nitrogen and oxygen atoms in total. The summed E-state index contributed by atoms with van der Waals surface area (Å²) in [7, 11) is 0. The van der Waals surface area contributed by atoms with Gasteiger partial charge >= 0.3 is 0 Å². The Bertz CT molecular complexity index is 623. The summed E-state index contributed by atoms with van der Waals surface area (Å²) in [5.74, 6) is 0.884. The zero-order valence-corrected chi connectivity index (χ0v) is 13.6. The van der Waals surface area contributed by atoms with Crippen molar-refractivity contribution in [1.82, 2.24) is 0 Å². The minimum atomic E-state index is 0.108. The lowest BCUT2D eigenvalue weighted by Crippen LogP contribution is -2.18. The summed E-state index contributed by atoms with van der Waals surface area (Å²) in [5.41, 5.74) is 10.4. The van der Waals surface area contributed by atoms with E-state index in [9.17, 15) is 0 Å². The molecule has 0 aromatic heterocycles. The van der Waals surface area contributed by atoms with Crippen LogP contribution >= 0.6 is 11.6 Å². The van der Waals surface area contributed by atoms with Crippen molar-refractivity contribution >= 4 is 11.6 Å². The van der Waals surface area contributed by atoms with E-state index in [0.29, 0.717) is 6.61 Å². The molecule has 3 heteroatoms. The largest absolute Gasteiger partial charge is 0.489 e. The van der Waals surface area contributed by atoms with Gasteiger partial charge in [-0.1, -0.05) is 41.4 Å². The SMILES string of the molecule is Cc1ccc(COc2ccc(C)cc2CC(C)N)c(Cl)c1. The quantitative estimate of drug-likeness (QED) is 0.887. The number of benzene rings is 2. The fourth-order valence-corrected chi connectivity index (χ4v) is 2.57. The van der Waals surface area contributed by atoms with E-state index < -0.39 is 0 Å². The van der Waals surface area contributed by atoms with Crippen LogP contribution in [0.15, 0.2) is 36.4 Å². The summed E-state index contributed by atoms with van der Waals surface area (Å²) in [4.78, 5) is 0. The van der Waals surface area contributed by atoms with Crippen LogP contribution in [0.3, 0.4) is 0 Å². The highest BCUT2D eigenvalue weighted by Crippen LogP contribution is 2.24. The molecule has 0 amide bonds. The highest BCUT2D eigenvalue weighted by molar-refractivity contribution is 6.31. The maximum absolute atomic E-state index is 6.25. The van der Waals surface area contributed by atoms with Gasteiger partial charge in [-0.2, -0.15) is 0 Å². The van der Waals surface area contributed by atoms with Crippen molar-refractivity contribution in [2.45, 2.75) is 39.8 Å².